The first kappa shape index (κ1) is 15.7. The lowest BCUT2D eigenvalue weighted by Crippen LogP contribution is -2.43. The summed E-state index contributed by atoms with van der Waals surface area (Å²) in [4.78, 5) is 5.19. The van der Waals surface area contributed by atoms with Gasteiger partial charge in [0.1, 0.15) is 0 Å². The molecule has 2 aliphatic heterocycles. The molecule has 0 N–H and O–H groups in total. The van der Waals surface area contributed by atoms with Crippen molar-refractivity contribution in [3.05, 3.63) is 41.7 Å². The highest BCUT2D eigenvalue weighted by Gasteiger charge is 2.27. The first-order chi connectivity index (χ1) is 11.9. The van der Waals surface area contributed by atoms with Gasteiger partial charge in [-0.1, -0.05) is 30.3 Å². The van der Waals surface area contributed by atoms with Gasteiger partial charge in [-0.25, -0.2) is 4.68 Å². The summed E-state index contributed by atoms with van der Waals surface area (Å²) in [7, 11) is 0. The summed E-state index contributed by atoms with van der Waals surface area (Å²) >= 11 is 0. The van der Waals surface area contributed by atoms with Crippen LogP contribution in [0.5, 0.6) is 0 Å². The number of piperidine rings is 1. The average molecular weight is 326 g/mol. The standard InChI is InChI=1S/C18H26N6/c1-2-6-16(7-3-1)14-24-18(19-20-21-24)15-22-12-8-17(9-13-22)23-10-4-5-11-23/h1-3,6-7,17H,4-5,8-15H2. The van der Waals surface area contributed by atoms with Crippen LogP contribution in [0, 0.1) is 0 Å². The zero-order chi connectivity index (χ0) is 16.2. The molecule has 1 aromatic carbocycles. The Morgan fingerprint density at radius 2 is 1.67 bits per heavy atom. The molecule has 1 aromatic heterocycles. The SMILES string of the molecule is c1ccc(Cn2nnnc2CN2CCC(N3CCCC3)CC2)cc1. The van der Waals surface area contributed by atoms with Gasteiger partial charge in [0, 0.05) is 19.1 Å². The molecule has 2 saturated heterocycles. The summed E-state index contributed by atoms with van der Waals surface area (Å²) in [5, 5.41) is 12.3. The third kappa shape index (κ3) is 3.65. The third-order valence-electron chi connectivity index (χ3n) is 5.36. The van der Waals surface area contributed by atoms with Crippen LogP contribution >= 0.6 is 0 Å². The largest absolute Gasteiger partial charge is 0.300 e. The fourth-order valence-electron chi connectivity index (χ4n) is 3.96. The highest BCUT2D eigenvalue weighted by atomic mass is 15.5. The minimum atomic E-state index is 0.743. The molecule has 0 atom stereocenters. The second-order valence-corrected chi connectivity index (χ2v) is 6.99. The lowest BCUT2D eigenvalue weighted by Gasteiger charge is -2.36. The Morgan fingerprint density at radius 3 is 2.42 bits per heavy atom. The summed E-state index contributed by atoms with van der Waals surface area (Å²) in [5.74, 6) is 0.971. The van der Waals surface area contributed by atoms with Gasteiger partial charge in [0.25, 0.3) is 0 Å². The smallest absolute Gasteiger partial charge is 0.165 e. The zero-order valence-corrected chi connectivity index (χ0v) is 14.2. The van der Waals surface area contributed by atoms with Gasteiger partial charge in [-0.2, -0.15) is 0 Å². The topological polar surface area (TPSA) is 50.1 Å². The van der Waals surface area contributed by atoms with Crippen molar-refractivity contribution < 1.29 is 0 Å². The van der Waals surface area contributed by atoms with Crippen molar-refractivity contribution in [1.29, 1.82) is 0 Å². The van der Waals surface area contributed by atoms with Gasteiger partial charge < -0.3 is 4.90 Å². The summed E-state index contributed by atoms with van der Waals surface area (Å²) in [6, 6.07) is 11.2. The van der Waals surface area contributed by atoms with Crippen molar-refractivity contribution in [3.63, 3.8) is 0 Å². The molecular weight excluding hydrogens is 300 g/mol. The summed E-state index contributed by atoms with van der Waals surface area (Å²) in [6.07, 6.45) is 5.32. The molecule has 6 nitrogen and oxygen atoms in total. The van der Waals surface area contributed by atoms with Gasteiger partial charge >= 0.3 is 0 Å². The van der Waals surface area contributed by atoms with Gasteiger partial charge in [0.15, 0.2) is 5.82 Å². The quantitative estimate of drug-likeness (QED) is 0.838. The molecule has 128 valence electrons. The maximum atomic E-state index is 4.25. The molecule has 3 heterocycles. The Bertz CT molecular complexity index is 626. The number of tetrazole rings is 1. The lowest BCUT2D eigenvalue weighted by atomic mass is 10.0. The monoisotopic (exact) mass is 326 g/mol. The van der Waals surface area contributed by atoms with E-state index in [1.165, 1.54) is 44.3 Å². The molecule has 2 fully saturated rings. The Kier molecular flexibility index (Phi) is 4.85. The highest BCUT2D eigenvalue weighted by molar-refractivity contribution is 5.14. The Labute approximate surface area is 143 Å². The van der Waals surface area contributed by atoms with E-state index >= 15 is 0 Å². The van der Waals surface area contributed by atoms with Crippen LogP contribution in [0.4, 0.5) is 0 Å². The fraction of sp³-hybridized carbons (Fsp3) is 0.611. The number of hydrogen-bond donors (Lipinski definition) is 0. The van der Waals surface area contributed by atoms with Gasteiger partial charge in [-0.05, 0) is 54.8 Å². The Balaban J connectivity index is 1.33. The molecule has 0 amide bonds. The number of nitrogens with zero attached hydrogens (tertiary/aromatic N) is 6. The molecule has 0 radical (unpaired) electrons. The molecule has 2 aromatic rings. The molecule has 6 heteroatoms. The van der Waals surface area contributed by atoms with Crippen molar-refractivity contribution >= 4 is 0 Å². The van der Waals surface area contributed by atoms with E-state index < -0.39 is 0 Å². The number of aromatic nitrogens is 4. The summed E-state index contributed by atoms with van der Waals surface area (Å²) < 4.78 is 1.93. The van der Waals surface area contributed by atoms with E-state index in [-0.39, 0.29) is 0 Å². The van der Waals surface area contributed by atoms with Crippen LogP contribution in [0.1, 0.15) is 37.1 Å². The predicted octanol–water partition coefficient (Wildman–Crippen LogP) is 1.78. The van der Waals surface area contributed by atoms with E-state index in [9.17, 15) is 0 Å². The molecule has 0 spiro atoms. The summed E-state index contributed by atoms with van der Waals surface area (Å²) in [6.45, 7) is 6.51. The van der Waals surface area contributed by atoms with Gasteiger partial charge in [-0.15, -0.1) is 5.10 Å². The third-order valence-corrected chi connectivity index (χ3v) is 5.36. The second kappa shape index (κ2) is 7.40. The first-order valence-electron chi connectivity index (χ1n) is 9.14. The van der Waals surface area contributed by atoms with Crippen molar-refractivity contribution in [2.24, 2.45) is 0 Å². The average Bonchev–Trinajstić information content (AvgIpc) is 3.29. The van der Waals surface area contributed by atoms with Crippen LogP contribution < -0.4 is 0 Å². The maximum absolute atomic E-state index is 4.25. The number of benzene rings is 1. The number of rotatable bonds is 5. The molecule has 0 saturated carbocycles. The van der Waals surface area contributed by atoms with Crippen molar-refractivity contribution in [2.45, 2.75) is 44.8 Å². The van der Waals surface area contributed by atoms with Crippen molar-refractivity contribution in [3.8, 4) is 0 Å². The Hall–Kier alpha value is -1.79. The molecule has 4 rings (SSSR count). The van der Waals surface area contributed by atoms with E-state index in [1.54, 1.807) is 0 Å². The first-order valence-corrected chi connectivity index (χ1v) is 9.14. The Morgan fingerprint density at radius 1 is 0.917 bits per heavy atom. The van der Waals surface area contributed by atoms with Crippen LogP contribution in [0.2, 0.25) is 0 Å². The molecular formula is C18H26N6. The molecule has 2 aliphatic rings. The van der Waals surface area contributed by atoms with E-state index in [0.717, 1.165) is 38.0 Å². The van der Waals surface area contributed by atoms with E-state index in [0.29, 0.717) is 0 Å². The molecule has 0 aliphatic carbocycles. The maximum Gasteiger partial charge on any atom is 0.165 e. The van der Waals surface area contributed by atoms with Gasteiger partial charge in [0.2, 0.25) is 0 Å². The normalized spacial score (nSPS) is 20.7. The molecule has 24 heavy (non-hydrogen) atoms. The molecule has 0 bridgehead atoms. The molecule has 0 unspecified atom stereocenters. The minimum absolute atomic E-state index is 0.743. The zero-order valence-electron chi connectivity index (χ0n) is 14.2. The van der Waals surface area contributed by atoms with Crippen LogP contribution in [-0.4, -0.2) is 62.2 Å². The van der Waals surface area contributed by atoms with Crippen molar-refractivity contribution in [1.82, 2.24) is 30.0 Å². The second-order valence-electron chi connectivity index (χ2n) is 6.99. The van der Waals surface area contributed by atoms with Gasteiger partial charge in [-0.3, -0.25) is 4.90 Å². The van der Waals surface area contributed by atoms with Crippen LogP contribution in [0.3, 0.4) is 0 Å². The predicted molar refractivity (Wildman–Crippen MR) is 92.5 cm³/mol. The van der Waals surface area contributed by atoms with Gasteiger partial charge in [0.05, 0.1) is 13.1 Å². The highest BCUT2D eigenvalue weighted by Crippen LogP contribution is 2.21. The van der Waals surface area contributed by atoms with Crippen LogP contribution in [0.25, 0.3) is 0 Å². The van der Waals surface area contributed by atoms with Crippen LogP contribution in [-0.2, 0) is 13.1 Å². The van der Waals surface area contributed by atoms with E-state index in [1.807, 2.05) is 10.7 Å². The summed E-state index contributed by atoms with van der Waals surface area (Å²) in [5.41, 5.74) is 1.23. The number of likely N-dealkylation sites (tertiary alicyclic amines) is 2. The van der Waals surface area contributed by atoms with Crippen LogP contribution in [0.15, 0.2) is 30.3 Å². The number of hydrogen-bond acceptors (Lipinski definition) is 5. The van der Waals surface area contributed by atoms with E-state index in [4.69, 9.17) is 0 Å². The van der Waals surface area contributed by atoms with Crippen molar-refractivity contribution in [2.75, 3.05) is 26.2 Å². The minimum Gasteiger partial charge on any atom is -0.300 e. The lowest BCUT2D eigenvalue weighted by molar-refractivity contribution is 0.120. The van der Waals surface area contributed by atoms with E-state index in [2.05, 4.69) is 49.6 Å². The fourth-order valence-corrected chi connectivity index (χ4v) is 3.96.